The van der Waals surface area contributed by atoms with Crippen molar-refractivity contribution in [1.82, 2.24) is 9.55 Å². The van der Waals surface area contributed by atoms with E-state index in [1.807, 2.05) is 35.2 Å². The lowest BCUT2D eigenvalue weighted by Crippen LogP contribution is -2.48. The van der Waals surface area contributed by atoms with Crippen LogP contribution in [-0.2, 0) is 18.3 Å². The van der Waals surface area contributed by atoms with Crippen LogP contribution in [0.3, 0.4) is 0 Å². The number of nitrogens with one attached hydrogen (secondary N) is 1. The van der Waals surface area contributed by atoms with Crippen LogP contribution in [0.5, 0.6) is 0 Å². The van der Waals surface area contributed by atoms with Crippen LogP contribution >= 0.6 is 0 Å². The molecule has 3 rings (SSSR count). The smallest absolute Gasteiger partial charge is 0.329 e. The molecule has 0 atom stereocenters. The zero-order valence-electron chi connectivity index (χ0n) is 14.3. The van der Waals surface area contributed by atoms with Crippen molar-refractivity contribution in [3.63, 3.8) is 0 Å². The van der Waals surface area contributed by atoms with Crippen LogP contribution in [-0.4, -0.2) is 40.0 Å². The number of rotatable bonds is 5. The molecule has 1 aliphatic rings. The summed E-state index contributed by atoms with van der Waals surface area (Å²) in [6.07, 6.45) is 1.04. The molecule has 1 fully saturated rings. The molecule has 0 amide bonds. The summed E-state index contributed by atoms with van der Waals surface area (Å²) >= 11 is 0. The minimum Gasteiger partial charge on any atom is -0.388 e. The summed E-state index contributed by atoms with van der Waals surface area (Å²) in [6.45, 7) is 1.80. The molecule has 134 valence electrons. The van der Waals surface area contributed by atoms with E-state index in [2.05, 4.69) is 4.98 Å². The molecular formula is C18H23N3O4. The monoisotopic (exact) mass is 345 g/mol. The van der Waals surface area contributed by atoms with Crippen LogP contribution in [0.2, 0.25) is 0 Å². The van der Waals surface area contributed by atoms with E-state index in [0.717, 1.165) is 10.1 Å². The maximum atomic E-state index is 12.0. The fraction of sp³-hybridized carbons (Fsp3) is 0.444. The Morgan fingerprint density at radius 3 is 2.56 bits per heavy atom. The summed E-state index contributed by atoms with van der Waals surface area (Å²) in [5, 5.41) is 10.9. The summed E-state index contributed by atoms with van der Waals surface area (Å²) in [6, 6.07) is 11.1. The highest BCUT2D eigenvalue weighted by molar-refractivity contribution is 5.39. The van der Waals surface area contributed by atoms with Gasteiger partial charge in [0, 0.05) is 52.3 Å². The number of ether oxygens (including phenoxy) is 1. The number of benzene rings is 1. The quantitative estimate of drug-likeness (QED) is 0.830. The maximum absolute atomic E-state index is 12.0. The van der Waals surface area contributed by atoms with Gasteiger partial charge in [-0.3, -0.25) is 14.3 Å². The summed E-state index contributed by atoms with van der Waals surface area (Å²) in [5.74, 6) is 0.414. The lowest BCUT2D eigenvalue weighted by Gasteiger charge is -2.37. The van der Waals surface area contributed by atoms with Gasteiger partial charge in [0.05, 0.1) is 5.60 Å². The average Bonchev–Trinajstić information content (AvgIpc) is 2.60. The first-order valence-corrected chi connectivity index (χ1v) is 8.36. The van der Waals surface area contributed by atoms with Crippen molar-refractivity contribution >= 4 is 5.82 Å². The minimum atomic E-state index is -0.912. The Bertz CT molecular complexity index is 791. The van der Waals surface area contributed by atoms with Crippen molar-refractivity contribution in [3.8, 4) is 0 Å². The number of nitrogens with zero attached hydrogens (tertiary/aromatic N) is 2. The van der Waals surface area contributed by atoms with Crippen LogP contribution < -0.4 is 16.1 Å². The number of hydrogen-bond acceptors (Lipinski definition) is 5. The molecule has 1 saturated heterocycles. The van der Waals surface area contributed by atoms with Gasteiger partial charge in [0.15, 0.2) is 0 Å². The fourth-order valence-electron chi connectivity index (χ4n) is 3.01. The fourth-order valence-corrected chi connectivity index (χ4v) is 3.01. The van der Waals surface area contributed by atoms with Crippen molar-refractivity contribution in [2.24, 2.45) is 7.05 Å². The summed E-state index contributed by atoms with van der Waals surface area (Å²) < 4.78 is 6.36. The molecule has 0 unspecified atom stereocenters. The number of aromatic nitrogens is 2. The van der Waals surface area contributed by atoms with E-state index in [4.69, 9.17) is 4.74 Å². The second-order valence-corrected chi connectivity index (χ2v) is 6.54. The second kappa shape index (κ2) is 7.25. The van der Waals surface area contributed by atoms with E-state index in [-0.39, 0.29) is 5.56 Å². The van der Waals surface area contributed by atoms with E-state index in [0.29, 0.717) is 45.0 Å². The first-order chi connectivity index (χ1) is 12.0. The van der Waals surface area contributed by atoms with Crippen LogP contribution in [0.15, 0.2) is 46.0 Å². The Balaban J connectivity index is 1.93. The molecule has 0 radical (unpaired) electrons. The molecule has 2 N–H and O–H groups in total. The molecule has 1 aliphatic heterocycles. The normalized spacial score (nSPS) is 16.6. The van der Waals surface area contributed by atoms with E-state index < -0.39 is 11.3 Å². The molecule has 7 heteroatoms. The molecule has 0 bridgehead atoms. The van der Waals surface area contributed by atoms with Gasteiger partial charge in [-0.25, -0.2) is 4.79 Å². The van der Waals surface area contributed by atoms with E-state index >= 15 is 0 Å². The zero-order valence-corrected chi connectivity index (χ0v) is 14.3. The Hall–Kier alpha value is -2.38. The molecule has 2 heterocycles. The van der Waals surface area contributed by atoms with Crippen molar-refractivity contribution < 1.29 is 9.84 Å². The number of anilines is 1. The van der Waals surface area contributed by atoms with Gasteiger partial charge >= 0.3 is 5.69 Å². The van der Waals surface area contributed by atoms with E-state index in [1.165, 1.54) is 13.1 Å². The number of aromatic amines is 1. The third-order valence-corrected chi connectivity index (χ3v) is 4.60. The Morgan fingerprint density at radius 1 is 1.24 bits per heavy atom. The largest absolute Gasteiger partial charge is 0.388 e. The Kier molecular flexibility index (Phi) is 5.06. The lowest BCUT2D eigenvalue weighted by atomic mass is 9.93. The Morgan fingerprint density at radius 2 is 1.92 bits per heavy atom. The first-order valence-electron chi connectivity index (χ1n) is 8.36. The number of aliphatic hydroxyl groups is 1. The predicted molar refractivity (Wildman–Crippen MR) is 94.8 cm³/mol. The van der Waals surface area contributed by atoms with Crippen LogP contribution in [0.1, 0.15) is 18.4 Å². The molecule has 1 aromatic carbocycles. The number of H-pyrrole nitrogens is 1. The van der Waals surface area contributed by atoms with Gasteiger partial charge in [0.1, 0.15) is 5.82 Å². The predicted octanol–water partition coefficient (Wildman–Crippen LogP) is 0.622. The molecule has 0 spiro atoms. The highest BCUT2D eigenvalue weighted by atomic mass is 16.5. The van der Waals surface area contributed by atoms with E-state index in [9.17, 15) is 14.7 Å². The van der Waals surface area contributed by atoms with Crippen molar-refractivity contribution in [1.29, 1.82) is 0 Å². The van der Waals surface area contributed by atoms with Gasteiger partial charge in [-0.05, 0) is 5.56 Å². The van der Waals surface area contributed by atoms with Crippen molar-refractivity contribution in [3.05, 3.63) is 62.8 Å². The summed E-state index contributed by atoms with van der Waals surface area (Å²) in [4.78, 5) is 28.6. The molecule has 1 aromatic heterocycles. The molecule has 2 aromatic rings. The highest BCUT2D eigenvalue weighted by Gasteiger charge is 2.32. The zero-order chi connectivity index (χ0) is 17.9. The average molecular weight is 345 g/mol. The number of hydrogen-bond donors (Lipinski definition) is 2. The standard InChI is InChI=1S/C18H23N3O4/c1-20-16(22)11-15(19-17(20)23)21(12-14-5-3-2-4-6-14)13-18(24)7-9-25-10-8-18/h2-6,11,24H,7-10,12-13H2,1H3,(H,19,23). The SMILES string of the molecule is Cn1c(=O)cc(N(Cc2ccccc2)CC2(O)CCOCC2)[nH]c1=O. The summed E-state index contributed by atoms with van der Waals surface area (Å²) in [5.41, 5.74) is -0.736. The van der Waals surface area contributed by atoms with Crippen LogP contribution in [0.25, 0.3) is 0 Å². The third-order valence-electron chi connectivity index (χ3n) is 4.60. The lowest BCUT2D eigenvalue weighted by molar-refractivity contribution is -0.0580. The van der Waals surface area contributed by atoms with Crippen molar-refractivity contribution in [2.45, 2.75) is 25.0 Å². The van der Waals surface area contributed by atoms with Gasteiger partial charge in [-0.1, -0.05) is 30.3 Å². The van der Waals surface area contributed by atoms with Gasteiger partial charge in [0.25, 0.3) is 5.56 Å². The van der Waals surface area contributed by atoms with Gasteiger partial charge in [0.2, 0.25) is 0 Å². The maximum Gasteiger partial charge on any atom is 0.329 e. The minimum absolute atomic E-state index is 0.314. The topological polar surface area (TPSA) is 87.6 Å². The van der Waals surface area contributed by atoms with Crippen molar-refractivity contribution in [2.75, 3.05) is 24.7 Å². The Labute approximate surface area is 145 Å². The van der Waals surface area contributed by atoms with Gasteiger partial charge in [-0.2, -0.15) is 0 Å². The molecular weight excluding hydrogens is 322 g/mol. The molecule has 0 saturated carbocycles. The second-order valence-electron chi connectivity index (χ2n) is 6.54. The van der Waals surface area contributed by atoms with Crippen LogP contribution in [0.4, 0.5) is 5.82 Å². The molecule has 7 nitrogen and oxygen atoms in total. The molecule has 0 aliphatic carbocycles. The third kappa shape index (κ3) is 4.18. The van der Waals surface area contributed by atoms with Gasteiger partial charge in [-0.15, -0.1) is 0 Å². The van der Waals surface area contributed by atoms with Gasteiger partial charge < -0.3 is 14.7 Å². The first kappa shape index (κ1) is 17.4. The summed E-state index contributed by atoms with van der Waals surface area (Å²) in [7, 11) is 1.43. The molecule has 25 heavy (non-hydrogen) atoms. The van der Waals surface area contributed by atoms with Crippen LogP contribution in [0, 0.1) is 0 Å². The van der Waals surface area contributed by atoms with E-state index in [1.54, 1.807) is 0 Å². The highest BCUT2D eigenvalue weighted by Crippen LogP contribution is 2.24.